The Kier molecular flexibility index (Phi) is 18.8. The van der Waals surface area contributed by atoms with Gasteiger partial charge in [-0.3, -0.25) is 10.6 Å². The van der Waals surface area contributed by atoms with E-state index in [0.29, 0.717) is 30.6 Å². The number of carbonyl (C=O) groups excluding carboxylic acids is 1. The maximum Gasteiger partial charge on any atom is 0.243 e. The fraction of sp³-hybridized carbons (Fsp3) is 0.556. The van der Waals surface area contributed by atoms with Gasteiger partial charge < -0.3 is 5.11 Å². The molecule has 1 saturated heterocycles. The molecule has 1 aliphatic rings. The fourth-order valence-electron chi connectivity index (χ4n) is 3.34. The number of nitrogens with zero attached hydrogens (tertiary/aromatic N) is 5. The lowest BCUT2D eigenvalue weighted by molar-refractivity contribution is -0.104. The summed E-state index contributed by atoms with van der Waals surface area (Å²) in [4.78, 5) is 11.0. The van der Waals surface area contributed by atoms with Crippen LogP contribution < -0.4 is 5.84 Å². The van der Waals surface area contributed by atoms with Crippen LogP contribution in [0.5, 0.6) is 0 Å². The predicted molar refractivity (Wildman–Crippen MR) is 151 cm³/mol. The van der Waals surface area contributed by atoms with Crippen LogP contribution >= 0.6 is 0 Å². The number of benzene rings is 1. The van der Waals surface area contributed by atoms with Gasteiger partial charge in [0.15, 0.2) is 6.29 Å². The lowest BCUT2D eigenvalue weighted by atomic mass is 10.1. The Morgan fingerprint density at radius 2 is 1.76 bits per heavy atom. The average molecular weight is 549 g/mol. The van der Waals surface area contributed by atoms with E-state index < -0.39 is 10.0 Å². The molecule has 11 heteroatoms. The molecule has 10 nitrogen and oxygen atoms in total. The van der Waals surface area contributed by atoms with Gasteiger partial charge in [0.1, 0.15) is 6.07 Å². The first kappa shape index (κ1) is 35.2. The summed E-state index contributed by atoms with van der Waals surface area (Å²) in [5.41, 5.74) is 0.748. The van der Waals surface area contributed by atoms with Gasteiger partial charge in [-0.1, -0.05) is 45.8 Å². The van der Waals surface area contributed by atoms with E-state index in [-0.39, 0.29) is 16.2 Å². The molecular weight excluding hydrogens is 504 g/mol. The van der Waals surface area contributed by atoms with Crippen LogP contribution in [0.25, 0.3) is 0 Å². The molecule has 0 amide bonds. The van der Waals surface area contributed by atoms with Crippen LogP contribution in [0.3, 0.4) is 0 Å². The topological polar surface area (TPSA) is 152 Å². The SMILES string of the molecule is C=C(N=Nc1cccc(S(=O)(=O)N(CCCC)CCCC)c1)/C(C)=C(/C#N)C=O.CO.NN1CCCCC1. The maximum atomic E-state index is 13.1. The third-order valence-corrected chi connectivity index (χ3v) is 7.62. The molecule has 0 saturated carbocycles. The highest BCUT2D eigenvalue weighted by Gasteiger charge is 2.23. The molecular formula is C27H44N6O4S. The Morgan fingerprint density at radius 1 is 1.18 bits per heavy atom. The first-order chi connectivity index (χ1) is 18.2. The van der Waals surface area contributed by atoms with E-state index in [1.165, 1.54) is 29.6 Å². The lowest BCUT2D eigenvalue weighted by Crippen LogP contribution is -2.35. The number of rotatable bonds is 12. The number of sulfonamides is 1. The first-order valence-electron chi connectivity index (χ1n) is 12.9. The molecule has 1 aromatic carbocycles. The van der Waals surface area contributed by atoms with Crippen molar-refractivity contribution >= 4 is 22.0 Å². The van der Waals surface area contributed by atoms with Gasteiger partial charge in [0, 0.05) is 33.3 Å². The van der Waals surface area contributed by atoms with Gasteiger partial charge >= 0.3 is 0 Å². The van der Waals surface area contributed by atoms with E-state index in [1.807, 2.05) is 18.9 Å². The molecule has 2 rings (SSSR count). The quantitative estimate of drug-likeness (QED) is 0.0943. The second kappa shape index (κ2) is 20.2. The Balaban J connectivity index is 0.00000129. The summed E-state index contributed by atoms with van der Waals surface area (Å²) in [6.07, 6.45) is 7.79. The Bertz CT molecular complexity index is 1050. The minimum Gasteiger partial charge on any atom is -0.400 e. The second-order valence-electron chi connectivity index (χ2n) is 8.62. The van der Waals surface area contributed by atoms with Crippen LogP contribution in [0.15, 0.2) is 62.8 Å². The fourth-order valence-corrected chi connectivity index (χ4v) is 4.90. The Hall–Kier alpha value is -2.75. The molecule has 1 heterocycles. The maximum absolute atomic E-state index is 13.1. The van der Waals surface area contributed by atoms with E-state index in [2.05, 4.69) is 16.8 Å². The number of piperidine rings is 1. The predicted octanol–water partition coefficient (Wildman–Crippen LogP) is 4.87. The molecule has 0 bridgehead atoms. The molecule has 3 N–H and O–H groups in total. The van der Waals surface area contributed by atoms with Crippen molar-refractivity contribution < 1.29 is 18.3 Å². The molecule has 0 unspecified atom stereocenters. The summed E-state index contributed by atoms with van der Waals surface area (Å²) in [5.74, 6) is 5.47. The summed E-state index contributed by atoms with van der Waals surface area (Å²) in [6.45, 7) is 12.5. The van der Waals surface area contributed by atoms with Crippen LogP contribution in [-0.2, 0) is 14.8 Å². The van der Waals surface area contributed by atoms with Crippen LogP contribution in [-0.4, -0.2) is 62.4 Å². The van der Waals surface area contributed by atoms with Gasteiger partial charge in [-0.2, -0.15) is 19.8 Å². The lowest BCUT2D eigenvalue weighted by Gasteiger charge is -2.22. The largest absolute Gasteiger partial charge is 0.400 e. The van der Waals surface area contributed by atoms with Crippen molar-refractivity contribution in [2.75, 3.05) is 33.3 Å². The van der Waals surface area contributed by atoms with Crippen molar-refractivity contribution in [3.63, 3.8) is 0 Å². The second-order valence-corrected chi connectivity index (χ2v) is 10.6. The standard InChI is InChI=1S/C21H28N4O3S.C5H12N2.CH4O/c1-5-7-12-25(13-8-6-2)29(27,28)21-11-9-10-20(14-21)24-23-18(4)17(3)19(15-22)16-26;6-7-4-2-1-3-5-7;1-2/h9-11,14,16H,4-8,12-13H2,1-3H3;1-6H2;2H,1H3/b19-17-,24-23?;;. The van der Waals surface area contributed by atoms with Crippen molar-refractivity contribution in [1.29, 1.82) is 5.26 Å². The molecule has 0 spiro atoms. The number of azo groups is 1. The molecule has 38 heavy (non-hydrogen) atoms. The van der Waals surface area contributed by atoms with Crippen molar-refractivity contribution in [3.8, 4) is 6.07 Å². The number of carbonyl (C=O) groups is 1. The molecule has 1 aromatic rings. The summed E-state index contributed by atoms with van der Waals surface area (Å²) in [5, 5.41) is 25.8. The number of aldehydes is 1. The number of nitrogens with two attached hydrogens (primary N) is 1. The van der Waals surface area contributed by atoms with Crippen molar-refractivity contribution in [2.45, 2.75) is 70.6 Å². The number of allylic oxidation sites excluding steroid dienone is 2. The van der Waals surface area contributed by atoms with E-state index in [1.54, 1.807) is 31.2 Å². The van der Waals surface area contributed by atoms with Gasteiger partial charge in [0.2, 0.25) is 10.0 Å². The molecule has 1 fully saturated rings. The van der Waals surface area contributed by atoms with Crippen LogP contribution in [0.2, 0.25) is 0 Å². The van der Waals surface area contributed by atoms with Crippen LogP contribution in [0.1, 0.15) is 65.7 Å². The first-order valence-corrected chi connectivity index (χ1v) is 14.4. The van der Waals surface area contributed by atoms with Gasteiger partial charge in [-0.05, 0) is 56.4 Å². The van der Waals surface area contributed by atoms with Gasteiger partial charge in [0.05, 0.1) is 21.9 Å². The Morgan fingerprint density at radius 3 is 2.21 bits per heavy atom. The summed E-state index contributed by atoms with van der Waals surface area (Å²) < 4.78 is 27.6. The number of nitriles is 1. The smallest absolute Gasteiger partial charge is 0.243 e. The summed E-state index contributed by atoms with van der Waals surface area (Å²) in [7, 11) is -2.63. The zero-order valence-corrected chi connectivity index (χ0v) is 24.1. The Labute approximate surface area is 228 Å². The van der Waals surface area contributed by atoms with Crippen molar-refractivity contribution in [3.05, 3.63) is 47.7 Å². The third-order valence-electron chi connectivity index (χ3n) is 5.73. The van der Waals surface area contributed by atoms with Crippen molar-refractivity contribution in [1.82, 2.24) is 9.31 Å². The molecule has 0 aliphatic carbocycles. The van der Waals surface area contributed by atoms with Crippen LogP contribution in [0.4, 0.5) is 5.69 Å². The summed E-state index contributed by atoms with van der Waals surface area (Å²) >= 11 is 0. The number of hydrazine groups is 1. The third kappa shape index (κ3) is 12.7. The average Bonchev–Trinajstić information content (AvgIpc) is 2.94. The normalized spacial score (nSPS) is 14.5. The minimum atomic E-state index is -3.63. The number of aliphatic hydroxyl groups excluding tert-OH is 1. The molecule has 0 aromatic heterocycles. The van der Waals surface area contributed by atoms with Crippen molar-refractivity contribution in [2.24, 2.45) is 16.1 Å². The highest BCUT2D eigenvalue weighted by Crippen LogP contribution is 2.24. The molecule has 0 radical (unpaired) electrons. The van der Waals surface area contributed by atoms with E-state index in [0.717, 1.165) is 45.9 Å². The number of hydrogen-bond acceptors (Lipinski definition) is 9. The zero-order valence-electron chi connectivity index (χ0n) is 23.3. The van der Waals surface area contributed by atoms with Gasteiger partial charge in [0.25, 0.3) is 0 Å². The van der Waals surface area contributed by atoms with E-state index in [4.69, 9.17) is 16.2 Å². The van der Waals surface area contributed by atoms with Crippen LogP contribution in [0, 0.1) is 11.3 Å². The number of unbranched alkanes of at least 4 members (excludes halogenated alkanes) is 2. The van der Waals surface area contributed by atoms with Gasteiger partial charge in [-0.25, -0.2) is 13.4 Å². The number of hydrogen-bond donors (Lipinski definition) is 2. The van der Waals surface area contributed by atoms with E-state index >= 15 is 0 Å². The molecule has 212 valence electrons. The minimum absolute atomic E-state index is 0.0761. The van der Waals surface area contributed by atoms with E-state index in [9.17, 15) is 13.2 Å². The monoisotopic (exact) mass is 548 g/mol. The molecule has 0 atom stereocenters. The zero-order chi connectivity index (χ0) is 29.0. The highest BCUT2D eigenvalue weighted by molar-refractivity contribution is 7.89. The van der Waals surface area contributed by atoms with Gasteiger partial charge in [-0.15, -0.1) is 0 Å². The molecule has 1 aliphatic heterocycles. The number of aliphatic hydroxyl groups is 1. The summed E-state index contributed by atoms with van der Waals surface area (Å²) in [6, 6.07) is 8.01. The highest BCUT2D eigenvalue weighted by atomic mass is 32.2.